The first-order valence-electron chi connectivity index (χ1n) is 3.15. The molecule has 0 aromatic carbocycles. The van der Waals surface area contributed by atoms with Crippen LogP contribution in [0.25, 0.3) is 5.65 Å². The molecule has 0 radical (unpaired) electrons. The van der Waals surface area contributed by atoms with Crippen LogP contribution in [-0.4, -0.2) is 9.38 Å². The lowest BCUT2D eigenvalue weighted by atomic mass is 10.5. The van der Waals surface area contributed by atoms with Crippen LogP contribution in [0.1, 0.15) is 0 Å². The van der Waals surface area contributed by atoms with Gasteiger partial charge in [0.15, 0.2) is 0 Å². The van der Waals surface area contributed by atoms with Crippen LogP contribution in [0.3, 0.4) is 0 Å². The number of rotatable bonds is 0. The van der Waals surface area contributed by atoms with Gasteiger partial charge in [0.25, 0.3) is 0 Å². The summed E-state index contributed by atoms with van der Waals surface area (Å²) in [6.45, 7) is 0. The number of fused-ring (bicyclic) bond motifs is 1. The van der Waals surface area contributed by atoms with E-state index in [4.69, 9.17) is 5.73 Å². The Bertz CT molecular complexity index is 398. The average Bonchev–Trinajstić information content (AvgIpc) is 2.27. The molecule has 0 saturated heterocycles. The van der Waals surface area contributed by atoms with Crippen LogP contribution in [0.2, 0.25) is 0 Å². The van der Waals surface area contributed by atoms with Crippen molar-refractivity contribution in [3.63, 3.8) is 0 Å². The fraction of sp³-hybridized carbons (Fsp3) is 0. The minimum Gasteiger partial charge on any atom is -0.382 e. The van der Waals surface area contributed by atoms with E-state index in [2.05, 4.69) is 20.9 Å². The van der Waals surface area contributed by atoms with Crippen LogP contribution >= 0.6 is 28.3 Å². The van der Waals surface area contributed by atoms with Crippen molar-refractivity contribution in [2.75, 3.05) is 5.73 Å². The monoisotopic (exact) mass is 247 g/mol. The third-order valence-electron chi connectivity index (χ3n) is 1.44. The number of aromatic nitrogens is 2. The van der Waals surface area contributed by atoms with Crippen LogP contribution in [-0.2, 0) is 0 Å². The van der Waals surface area contributed by atoms with E-state index in [1.165, 1.54) is 0 Å². The SMILES string of the molecule is Cl.Nc1cn2ccc(Br)cc2n1. The number of pyridine rings is 1. The molecule has 2 aromatic rings. The van der Waals surface area contributed by atoms with E-state index in [1.54, 1.807) is 6.20 Å². The molecule has 3 nitrogen and oxygen atoms in total. The quantitative estimate of drug-likeness (QED) is 0.776. The second kappa shape index (κ2) is 3.33. The summed E-state index contributed by atoms with van der Waals surface area (Å²) in [6.07, 6.45) is 3.69. The van der Waals surface area contributed by atoms with Gasteiger partial charge in [-0.3, -0.25) is 0 Å². The van der Waals surface area contributed by atoms with Gasteiger partial charge in [0, 0.05) is 10.7 Å². The van der Waals surface area contributed by atoms with E-state index >= 15 is 0 Å². The van der Waals surface area contributed by atoms with Gasteiger partial charge in [0.2, 0.25) is 0 Å². The van der Waals surface area contributed by atoms with Crippen molar-refractivity contribution in [3.8, 4) is 0 Å². The van der Waals surface area contributed by atoms with Gasteiger partial charge >= 0.3 is 0 Å². The molecule has 0 saturated carbocycles. The fourth-order valence-electron chi connectivity index (χ4n) is 0.977. The highest BCUT2D eigenvalue weighted by Crippen LogP contribution is 2.13. The highest BCUT2D eigenvalue weighted by Gasteiger charge is 1.96. The number of imidazole rings is 1. The molecule has 0 aliphatic carbocycles. The molecule has 0 atom stereocenters. The largest absolute Gasteiger partial charge is 0.382 e. The number of halogens is 2. The summed E-state index contributed by atoms with van der Waals surface area (Å²) in [5.41, 5.74) is 6.35. The van der Waals surface area contributed by atoms with Gasteiger partial charge in [-0.2, -0.15) is 0 Å². The lowest BCUT2D eigenvalue weighted by Gasteiger charge is -1.91. The Balaban J connectivity index is 0.000000720. The van der Waals surface area contributed by atoms with Crippen molar-refractivity contribution < 1.29 is 0 Å². The summed E-state index contributed by atoms with van der Waals surface area (Å²) in [6, 6.07) is 3.85. The lowest BCUT2D eigenvalue weighted by Crippen LogP contribution is -1.80. The molecule has 0 bridgehead atoms. The number of nitrogen functional groups attached to an aromatic ring is 1. The first-order chi connectivity index (χ1) is 5.25. The van der Waals surface area contributed by atoms with Gasteiger partial charge in [-0.05, 0) is 12.1 Å². The van der Waals surface area contributed by atoms with E-state index < -0.39 is 0 Å². The molecular weight excluding hydrogens is 241 g/mol. The highest BCUT2D eigenvalue weighted by atomic mass is 79.9. The van der Waals surface area contributed by atoms with Crippen molar-refractivity contribution in [2.45, 2.75) is 0 Å². The second-order valence-corrected chi connectivity index (χ2v) is 3.19. The van der Waals surface area contributed by atoms with Gasteiger partial charge in [-0.25, -0.2) is 4.98 Å². The standard InChI is InChI=1S/C7H6BrN3.ClH/c8-5-1-2-11-4-6(9)10-7(11)3-5;/h1-4H,9H2;1H. The maximum Gasteiger partial charge on any atom is 0.142 e. The van der Waals surface area contributed by atoms with E-state index in [-0.39, 0.29) is 12.4 Å². The normalized spacial score (nSPS) is 9.75. The van der Waals surface area contributed by atoms with Crippen molar-refractivity contribution in [1.82, 2.24) is 9.38 Å². The zero-order valence-electron chi connectivity index (χ0n) is 6.07. The Morgan fingerprint density at radius 1 is 1.50 bits per heavy atom. The highest BCUT2D eigenvalue weighted by molar-refractivity contribution is 9.10. The van der Waals surface area contributed by atoms with E-state index in [0.717, 1.165) is 10.1 Å². The summed E-state index contributed by atoms with van der Waals surface area (Å²) in [5.74, 6) is 0.545. The first-order valence-corrected chi connectivity index (χ1v) is 3.95. The van der Waals surface area contributed by atoms with Gasteiger partial charge in [0.1, 0.15) is 11.5 Å². The molecule has 5 heteroatoms. The molecule has 64 valence electrons. The van der Waals surface area contributed by atoms with E-state index in [0.29, 0.717) is 5.82 Å². The smallest absolute Gasteiger partial charge is 0.142 e. The second-order valence-electron chi connectivity index (χ2n) is 2.28. The topological polar surface area (TPSA) is 43.3 Å². The molecule has 0 fully saturated rings. The Labute approximate surface area is 84.1 Å². The summed E-state index contributed by atoms with van der Waals surface area (Å²) in [5, 5.41) is 0. The number of nitrogens with zero attached hydrogens (tertiary/aromatic N) is 2. The van der Waals surface area contributed by atoms with Gasteiger partial charge in [0.05, 0.1) is 6.20 Å². The Hall–Kier alpha value is -0.740. The van der Waals surface area contributed by atoms with Crippen LogP contribution in [0.4, 0.5) is 5.82 Å². The molecule has 0 aliphatic heterocycles. The Morgan fingerprint density at radius 3 is 3.00 bits per heavy atom. The third kappa shape index (κ3) is 1.54. The third-order valence-corrected chi connectivity index (χ3v) is 1.93. The van der Waals surface area contributed by atoms with Crippen LogP contribution in [0, 0.1) is 0 Å². The number of hydrogen-bond donors (Lipinski definition) is 1. The average molecular weight is 249 g/mol. The summed E-state index contributed by atoms with van der Waals surface area (Å²) < 4.78 is 2.88. The van der Waals surface area contributed by atoms with Gasteiger partial charge in [-0.1, -0.05) is 15.9 Å². The van der Waals surface area contributed by atoms with Crippen molar-refractivity contribution in [1.29, 1.82) is 0 Å². The molecule has 2 aromatic heterocycles. The molecule has 0 spiro atoms. The minimum absolute atomic E-state index is 0. The predicted octanol–water partition coefficient (Wildman–Crippen LogP) is 2.10. The first kappa shape index (κ1) is 9.35. The van der Waals surface area contributed by atoms with Crippen LogP contribution in [0.15, 0.2) is 29.0 Å². The Kier molecular flexibility index (Phi) is 2.59. The van der Waals surface area contributed by atoms with Crippen molar-refractivity contribution in [3.05, 3.63) is 29.0 Å². The van der Waals surface area contributed by atoms with Crippen LogP contribution in [0.5, 0.6) is 0 Å². The molecule has 12 heavy (non-hydrogen) atoms. The van der Waals surface area contributed by atoms with Gasteiger partial charge in [-0.15, -0.1) is 12.4 Å². The van der Waals surface area contributed by atoms with Crippen LogP contribution < -0.4 is 5.73 Å². The molecule has 2 N–H and O–H groups in total. The van der Waals surface area contributed by atoms with Crippen molar-refractivity contribution >= 4 is 39.8 Å². The zero-order valence-corrected chi connectivity index (χ0v) is 8.47. The minimum atomic E-state index is 0. The van der Waals surface area contributed by atoms with Crippen molar-refractivity contribution in [2.24, 2.45) is 0 Å². The van der Waals surface area contributed by atoms with E-state index in [1.807, 2.05) is 22.7 Å². The maximum absolute atomic E-state index is 5.49. The maximum atomic E-state index is 5.49. The number of hydrogen-bond acceptors (Lipinski definition) is 2. The van der Waals surface area contributed by atoms with Gasteiger partial charge < -0.3 is 10.1 Å². The molecule has 2 heterocycles. The Morgan fingerprint density at radius 2 is 2.25 bits per heavy atom. The lowest BCUT2D eigenvalue weighted by molar-refractivity contribution is 1.18. The van der Waals surface area contributed by atoms with E-state index in [9.17, 15) is 0 Å². The number of nitrogens with two attached hydrogens (primary N) is 1. The predicted molar refractivity (Wildman–Crippen MR) is 54.6 cm³/mol. The summed E-state index contributed by atoms with van der Waals surface area (Å²) in [4.78, 5) is 4.08. The summed E-state index contributed by atoms with van der Waals surface area (Å²) in [7, 11) is 0. The summed E-state index contributed by atoms with van der Waals surface area (Å²) >= 11 is 3.35. The molecular formula is C7H7BrClN3. The molecule has 2 rings (SSSR count). The molecule has 0 aliphatic rings. The number of anilines is 1. The molecule has 0 unspecified atom stereocenters. The molecule has 0 amide bonds. The fourth-order valence-corrected chi connectivity index (χ4v) is 1.30. The zero-order chi connectivity index (χ0) is 7.84.